The summed E-state index contributed by atoms with van der Waals surface area (Å²) in [5, 5.41) is 2.65. The van der Waals surface area contributed by atoms with Crippen LogP contribution in [0.2, 0.25) is 0 Å². The normalized spacial score (nSPS) is 12.8. The molecule has 1 aliphatic rings. The van der Waals surface area contributed by atoms with Crippen LogP contribution in [0.25, 0.3) is 66.4 Å². The maximum absolute atomic E-state index is 2.71. The van der Waals surface area contributed by atoms with Crippen molar-refractivity contribution in [2.24, 2.45) is 0 Å². The summed E-state index contributed by atoms with van der Waals surface area (Å²) >= 11 is 0. The lowest BCUT2D eigenvalue weighted by molar-refractivity contribution is 0.401. The number of rotatable bonds is 29. The van der Waals surface area contributed by atoms with Crippen LogP contribution in [-0.4, -0.2) is 0 Å². The molecular formula is C90H111N. The van der Waals surface area contributed by atoms with Crippen molar-refractivity contribution >= 4 is 27.8 Å². The van der Waals surface area contributed by atoms with Crippen molar-refractivity contribution in [2.45, 2.75) is 248 Å². The van der Waals surface area contributed by atoms with E-state index in [2.05, 4.69) is 265 Å². The van der Waals surface area contributed by atoms with Crippen molar-refractivity contribution in [1.82, 2.24) is 0 Å². The molecule has 0 unspecified atom stereocenters. The molecule has 476 valence electrons. The van der Waals surface area contributed by atoms with Crippen LogP contribution in [-0.2, 0) is 35.5 Å². The largest absolute Gasteiger partial charge is 0.310 e. The van der Waals surface area contributed by atoms with Crippen molar-refractivity contribution in [1.29, 1.82) is 0 Å². The number of aryl methyl sites for hydroxylation is 5. The van der Waals surface area contributed by atoms with E-state index in [0.29, 0.717) is 0 Å². The van der Waals surface area contributed by atoms with Crippen LogP contribution in [0.1, 0.15) is 248 Å². The van der Waals surface area contributed by atoms with E-state index in [1.54, 1.807) is 0 Å². The lowest BCUT2D eigenvalue weighted by Gasteiger charge is -2.35. The summed E-state index contributed by atoms with van der Waals surface area (Å²) in [5.41, 5.74) is 30.2. The van der Waals surface area contributed by atoms with E-state index in [1.807, 2.05) is 0 Å². The standard InChI is InChI=1S/C90H111N/c1-14-19-23-27-34-71-61-83(72(35-28-24-20-15-2)60-82(71)77-54-49-74(58-64(77)6)89(11,12)13)78-55-52-76(59-65(78)7)91(75-50-44-68(45-51-75)67-40-38-66(33-18-5)39-41-67)86-63-85-87(80-37-30-29-36-79(80)86)81-53-46-70(69-42-47-73(48-43-69)88(8,9)10)62-84(81)90(85,56-31-25-21-16-3)57-32-26-22-17-4/h29-30,36-55,58-63H,14-28,31-35,56-57H2,1-13H3. The Morgan fingerprint density at radius 3 is 1.33 bits per heavy atom. The third kappa shape index (κ3) is 15.1. The summed E-state index contributed by atoms with van der Waals surface area (Å²) in [6.45, 7) is 30.4. The Morgan fingerprint density at radius 1 is 0.341 bits per heavy atom. The summed E-state index contributed by atoms with van der Waals surface area (Å²) in [6, 6.07) is 68.2. The second kappa shape index (κ2) is 30.2. The SMILES string of the molecule is CCCCCCc1cc(-c2ccc(C(C)(C)C)cc2C)c(CCCCCC)cc1-c1ccc(N(c2ccc(-c3ccc(CCC)cc3)cc2)c2cc3c(c4ccccc24)-c2ccc(-c4ccc(C(C)(C)C)cc4)cc2C3(CCCCCC)CCCCCC)cc1C. The zero-order valence-electron chi connectivity index (χ0n) is 58.7. The van der Waals surface area contributed by atoms with Crippen molar-refractivity contribution in [3.8, 4) is 55.6 Å². The number of hydrogen-bond donors (Lipinski definition) is 0. The lowest BCUT2D eigenvalue weighted by Crippen LogP contribution is -2.26. The van der Waals surface area contributed by atoms with Gasteiger partial charge in [-0.2, -0.15) is 0 Å². The topological polar surface area (TPSA) is 3.24 Å². The van der Waals surface area contributed by atoms with Gasteiger partial charge in [0.25, 0.3) is 0 Å². The fourth-order valence-electron chi connectivity index (χ4n) is 15.2. The Balaban J connectivity index is 1.18. The smallest absolute Gasteiger partial charge is 0.0543 e. The van der Waals surface area contributed by atoms with Gasteiger partial charge >= 0.3 is 0 Å². The predicted octanol–water partition coefficient (Wildman–Crippen LogP) is 27.6. The quantitative estimate of drug-likeness (QED) is 0.0422. The Morgan fingerprint density at radius 2 is 0.802 bits per heavy atom. The first-order valence-electron chi connectivity index (χ1n) is 36.2. The minimum absolute atomic E-state index is 0.0975. The van der Waals surface area contributed by atoms with E-state index in [0.717, 1.165) is 38.5 Å². The van der Waals surface area contributed by atoms with Gasteiger partial charge in [-0.25, -0.2) is 0 Å². The van der Waals surface area contributed by atoms with Crippen molar-refractivity contribution in [3.63, 3.8) is 0 Å². The van der Waals surface area contributed by atoms with Gasteiger partial charge < -0.3 is 4.90 Å². The van der Waals surface area contributed by atoms with Crippen LogP contribution >= 0.6 is 0 Å². The Labute approximate surface area is 552 Å². The fraction of sp³-hybridized carbons (Fsp3) is 0.422. The molecule has 0 N–H and O–H groups in total. The predicted molar refractivity (Wildman–Crippen MR) is 401 cm³/mol. The Kier molecular flexibility index (Phi) is 22.2. The molecule has 1 aliphatic carbocycles. The van der Waals surface area contributed by atoms with Crippen molar-refractivity contribution < 1.29 is 0 Å². The molecule has 0 amide bonds. The maximum atomic E-state index is 2.71. The molecule has 0 aromatic heterocycles. The van der Waals surface area contributed by atoms with Gasteiger partial charge in [-0.1, -0.05) is 306 Å². The molecule has 0 radical (unpaired) electrons. The van der Waals surface area contributed by atoms with Crippen LogP contribution in [0.15, 0.2) is 170 Å². The molecular weight excluding hydrogens is 1090 g/mol. The van der Waals surface area contributed by atoms with Gasteiger partial charge in [-0.3, -0.25) is 0 Å². The van der Waals surface area contributed by atoms with Crippen LogP contribution in [0.3, 0.4) is 0 Å². The van der Waals surface area contributed by atoms with Crippen molar-refractivity contribution in [2.75, 3.05) is 4.90 Å². The number of hydrogen-bond acceptors (Lipinski definition) is 1. The number of anilines is 3. The molecule has 91 heavy (non-hydrogen) atoms. The van der Waals surface area contributed by atoms with Gasteiger partial charge in [-0.05, 0) is 217 Å². The fourth-order valence-corrected chi connectivity index (χ4v) is 15.2. The number of benzene rings is 9. The first kappa shape index (κ1) is 66.9. The van der Waals surface area contributed by atoms with Gasteiger partial charge in [0, 0.05) is 22.2 Å². The van der Waals surface area contributed by atoms with Crippen molar-refractivity contribution in [3.05, 3.63) is 220 Å². The summed E-state index contributed by atoms with van der Waals surface area (Å²) in [5.74, 6) is 0. The molecule has 9 aromatic carbocycles. The monoisotopic (exact) mass is 1210 g/mol. The Bertz CT molecular complexity index is 3840. The van der Waals surface area contributed by atoms with Gasteiger partial charge in [0.05, 0.1) is 5.69 Å². The maximum Gasteiger partial charge on any atom is 0.0543 e. The first-order chi connectivity index (χ1) is 44.0. The summed E-state index contributed by atoms with van der Waals surface area (Å²) in [4.78, 5) is 2.65. The highest BCUT2D eigenvalue weighted by Crippen LogP contribution is 2.59. The zero-order chi connectivity index (χ0) is 64.3. The molecule has 0 fully saturated rings. The second-order valence-electron chi connectivity index (χ2n) is 29.6. The molecule has 1 nitrogen and oxygen atoms in total. The minimum atomic E-state index is -0.146. The van der Waals surface area contributed by atoms with Crippen LogP contribution < -0.4 is 4.90 Å². The average molecular weight is 1210 g/mol. The third-order valence-electron chi connectivity index (χ3n) is 20.6. The van der Waals surface area contributed by atoms with Gasteiger partial charge in [0.15, 0.2) is 0 Å². The van der Waals surface area contributed by atoms with Gasteiger partial charge in [0.2, 0.25) is 0 Å². The van der Waals surface area contributed by atoms with E-state index >= 15 is 0 Å². The lowest BCUT2D eigenvalue weighted by atomic mass is 9.70. The van der Waals surface area contributed by atoms with Crippen LogP contribution in [0.4, 0.5) is 17.1 Å². The molecule has 9 aromatic rings. The average Bonchev–Trinajstić information content (AvgIpc) is 1.57. The molecule has 1 heteroatoms. The van der Waals surface area contributed by atoms with E-state index in [4.69, 9.17) is 0 Å². The molecule has 0 spiro atoms. The third-order valence-corrected chi connectivity index (χ3v) is 20.6. The van der Waals surface area contributed by atoms with Gasteiger partial charge in [0.1, 0.15) is 0 Å². The van der Waals surface area contributed by atoms with Crippen LogP contribution in [0.5, 0.6) is 0 Å². The number of nitrogens with zero attached hydrogens (tertiary/aromatic N) is 1. The molecule has 0 heterocycles. The summed E-state index contributed by atoms with van der Waals surface area (Å²) < 4.78 is 0. The molecule has 0 atom stereocenters. The highest BCUT2D eigenvalue weighted by Gasteiger charge is 2.44. The minimum Gasteiger partial charge on any atom is -0.310 e. The van der Waals surface area contributed by atoms with E-state index in [-0.39, 0.29) is 16.2 Å². The van der Waals surface area contributed by atoms with Crippen LogP contribution in [0, 0.1) is 13.8 Å². The molecule has 0 bridgehead atoms. The number of unbranched alkanes of at least 4 members (excludes halogenated alkanes) is 12. The van der Waals surface area contributed by atoms with E-state index in [1.165, 1.54) is 236 Å². The van der Waals surface area contributed by atoms with Gasteiger partial charge in [-0.15, -0.1) is 0 Å². The second-order valence-corrected chi connectivity index (χ2v) is 29.6. The summed E-state index contributed by atoms with van der Waals surface area (Å²) in [7, 11) is 0. The van der Waals surface area contributed by atoms with E-state index in [9.17, 15) is 0 Å². The zero-order valence-corrected chi connectivity index (χ0v) is 58.7. The Hall–Kier alpha value is -6.96. The molecule has 0 saturated carbocycles. The number of fused-ring (bicyclic) bond motifs is 5. The highest BCUT2D eigenvalue weighted by atomic mass is 15.1. The summed E-state index contributed by atoms with van der Waals surface area (Å²) in [6.07, 6.45) is 26.6. The molecule has 0 aliphatic heterocycles. The van der Waals surface area contributed by atoms with E-state index < -0.39 is 0 Å². The molecule has 0 saturated heterocycles. The molecule has 10 rings (SSSR count). The highest BCUT2D eigenvalue weighted by molar-refractivity contribution is 6.10. The first-order valence-corrected chi connectivity index (χ1v) is 36.2.